The van der Waals surface area contributed by atoms with Crippen LogP contribution in [0.25, 0.3) is 0 Å². The second kappa shape index (κ2) is 12.8. The number of carboxylic acids is 2. The van der Waals surface area contributed by atoms with E-state index in [0.29, 0.717) is 10.9 Å². The Morgan fingerprint density at radius 3 is 2.51 bits per heavy atom. The predicted octanol–water partition coefficient (Wildman–Crippen LogP) is 3.27. The lowest BCUT2D eigenvalue weighted by Crippen LogP contribution is -2.42. The molecule has 0 aliphatic heterocycles. The Labute approximate surface area is 219 Å². The maximum Gasteiger partial charge on any atom is 0.414 e. The van der Waals surface area contributed by atoms with E-state index in [-0.39, 0.29) is 19.4 Å². The Morgan fingerprint density at radius 1 is 1.30 bits per heavy atom. The number of thiazole rings is 1. The number of allylic oxidation sites excluding steroid dienone is 1. The van der Waals surface area contributed by atoms with Crippen LogP contribution in [0.4, 0.5) is 4.79 Å². The lowest BCUT2D eigenvalue weighted by molar-refractivity contribution is -0.485. The third-order valence-corrected chi connectivity index (χ3v) is 6.42. The molecule has 13 nitrogen and oxygen atoms in total. The molecule has 5 N–H and O–H groups in total. The summed E-state index contributed by atoms with van der Waals surface area (Å²) in [6.45, 7) is 1.62. The molecule has 2 aromatic rings. The Hall–Kier alpha value is -4.04. The van der Waals surface area contributed by atoms with Gasteiger partial charge < -0.3 is 20.7 Å². The highest BCUT2D eigenvalue weighted by Gasteiger charge is 2.48. The topological polar surface area (TPSA) is 207 Å². The van der Waals surface area contributed by atoms with E-state index in [1.165, 1.54) is 17.5 Å². The zero-order valence-electron chi connectivity index (χ0n) is 19.5. The van der Waals surface area contributed by atoms with Gasteiger partial charge in [0.15, 0.2) is 9.50 Å². The van der Waals surface area contributed by atoms with E-state index in [4.69, 9.17) is 22.1 Å². The molecule has 0 saturated heterocycles. The minimum atomic E-state index is -1.22. The number of benzene rings is 1. The SMILES string of the molecule is CC1(C(=O)O)CC=CC(Cc2cnc(Cl)s2)(C(=O)O)C1.NC(=N[N+](=O)[O-])NC(=O)OCc1ccccc1. The first kappa shape index (κ1) is 29.2. The standard InChI is InChI=1S/C13H14ClNO4S.C9H10N4O4/c1-12(9(16)17)3-2-4-13(7-12,10(18)19)5-8-6-15-11(14)20-8;10-8(12-13(15)16)11-9(14)17-6-7-4-2-1-3-5-7/h2,4,6H,3,5,7H2,1H3,(H,16,17)(H,18,19);1-5H,6H2,(H3,10,11,12,14). The van der Waals surface area contributed by atoms with Crippen LogP contribution in [0.1, 0.15) is 30.2 Å². The first-order valence-electron chi connectivity index (χ1n) is 10.6. The molecule has 0 bridgehead atoms. The van der Waals surface area contributed by atoms with Crippen molar-refractivity contribution in [1.29, 1.82) is 0 Å². The van der Waals surface area contributed by atoms with Crippen molar-refractivity contribution in [2.24, 2.45) is 21.7 Å². The maximum absolute atomic E-state index is 11.7. The van der Waals surface area contributed by atoms with Gasteiger partial charge in [0.25, 0.3) is 5.96 Å². The lowest BCUT2D eigenvalue weighted by atomic mass is 9.65. The van der Waals surface area contributed by atoms with Gasteiger partial charge in [-0.15, -0.1) is 11.3 Å². The van der Waals surface area contributed by atoms with Crippen molar-refractivity contribution in [3.63, 3.8) is 0 Å². The van der Waals surface area contributed by atoms with Crippen molar-refractivity contribution in [2.45, 2.75) is 32.8 Å². The van der Waals surface area contributed by atoms with Crippen LogP contribution in [0.15, 0.2) is 53.8 Å². The van der Waals surface area contributed by atoms with Crippen LogP contribution in [-0.4, -0.2) is 44.2 Å². The van der Waals surface area contributed by atoms with E-state index >= 15 is 0 Å². The predicted molar refractivity (Wildman–Crippen MR) is 133 cm³/mol. The number of hydrazone groups is 1. The van der Waals surface area contributed by atoms with Crippen LogP contribution < -0.4 is 11.1 Å². The molecule has 2 unspecified atom stereocenters. The first-order valence-corrected chi connectivity index (χ1v) is 11.8. The van der Waals surface area contributed by atoms with Gasteiger partial charge in [-0.25, -0.2) is 19.9 Å². The number of halogens is 1. The number of amides is 1. The van der Waals surface area contributed by atoms with Crippen molar-refractivity contribution in [1.82, 2.24) is 10.3 Å². The number of nitro groups is 1. The van der Waals surface area contributed by atoms with Gasteiger partial charge in [-0.1, -0.05) is 54.1 Å². The number of rotatable bonds is 7. The van der Waals surface area contributed by atoms with Gasteiger partial charge in [0, 0.05) is 17.5 Å². The van der Waals surface area contributed by atoms with Crippen LogP contribution in [0.2, 0.25) is 4.47 Å². The molecule has 1 aromatic carbocycles. The summed E-state index contributed by atoms with van der Waals surface area (Å²) in [7, 11) is 0. The molecular formula is C22H24ClN5O8S. The maximum atomic E-state index is 11.7. The summed E-state index contributed by atoms with van der Waals surface area (Å²) in [4.78, 5) is 48.7. The van der Waals surface area contributed by atoms with E-state index in [2.05, 4.69) is 10.1 Å². The summed E-state index contributed by atoms with van der Waals surface area (Å²) < 4.78 is 5.10. The molecule has 1 amide bonds. The zero-order valence-corrected chi connectivity index (χ0v) is 21.1. The van der Waals surface area contributed by atoms with E-state index in [1.807, 2.05) is 11.4 Å². The number of aliphatic carboxylic acids is 2. The summed E-state index contributed by atoms with van der Waals surface area (Å²) in [6, 6.07) is 8.94. The molecule has 1 aliphatic rings. The first-order chi connectivity index (χ1) is 17.3. The molecule has 198 valence electrons. The molecule has 1 aromatic heterocycles. The quantitative estimate of drug-likeness (QED) is 0.129. The number of carboxylic acid groups (broad SMARTS) is 2. The Balaban J connectivity index is 0.000000264. The fourth-order valence-corrected chi connectivity index (χ4v) is 4.63. The monoisotopic (exact) mass is 553 g/mol. The van der Waals surface area contributed by atoms with Crippen molar-refractivity contribution in [2.75, 3.05) is 0 Å². The minimum absolute atomic E-state index is 0.0401. The number of nitrogens with one attached hydrogen (secondary N) is 1. The number of hydrogen-bond acceptors (Lipinski definition) is 8. The number of hydrogen-bond donors (Lipinski definition) is 4. The van der Waals surface area contributed by atoms with Gasteiger partial charge in [-0.05, 0) is 25.3 Å². The van der Waals surface area contributed by atoms with Crippen molar-refractivity contribution in [3.8, 4) is 0 Å². The Morgan fingerprint density at radius 2 is 1.97 bits per heavy atom. The summed E-state index contributed by atoms with van der Waals surface area (Å²) in [6.07, 6.45) is 4.47. The molecule has 2 atom stereocenters. The molecule has 0 saturated carbocycles. The number of ether oxygens (including phenoxy) is 1. The van der Waals surface area contributed by atoms with Crippen LogP contribution >= 0.6 is 22.9 Å². The van der Waals surface area contributed by atoms with Gasteiger partial charge in [-0.3, -0.25) is 14.9 Å². The van der Waals surface area contributed by atoms with Gasteiger partial charge in [-0.2, -0.15) is 0 Å². The third kappa shape index (κ3) is 8.84. The Kier molecular flexibility index (Phi) is 10.1. The number of nitrogens with two attached hydrogens (primary N) is 1. The summed E-state index contributed by atoms with van der Waals surface area (Å²) in [5.74, 6) is -2.63. The average Bonchev–Trinajstić information content (AvgIpc) is 3.22. The van der Waals surface area contributed by atoms with Crippen molar-refractivity contribution >= 4 is 46.9 Å². The van der Waals surface area contributed by atoms with Gasteiger partial charge in [0.2, 0.25) is 0 Å². The molecule has 0 radical (unpaired) electrons. The molecule has 0 spiro atoms. The van der Waals surface area contributed by atoms with E-state index in [9.17, 15) is 34.7 Å². The van der Waals surface area contributed by atoms with Gasteiger partial charge in [0.1, 0.15) is 11.7 Å². The molecule has 15 heteroatoms. The van der Waals surface area contributed by atoms with Crippen LogP contribution in [0.3, 0.4) is 0 Å². The molecule has 1 heterocycles. The van der Waals surface area contributed by atoms with Crippen LogP contribution in [0, 0.1) is 20.9 Å². The van der Waals surface area contributed by atoms with Gasteiger partial charge in [0.05, 0.1) is 10.8 Å². The molecule has 1 aliphatic carbocycles. The highest BCUT2D eigenvalue weighted by atomic mass is 35.5. The fraction of sp³-hybridized carbons (Fsp3) is 0.318. The smallest absolute Gasteiger partial charge is 0.414 e. The number of guanidine groups is 1. The number of nitrogens with zero attached hydrogens (tertiary/aromatic N) is 3. The normalized spacial score (nSPS) is 20.8. The summed E-state index contributed by atoms with van der Waals surface area (Å²) >= 11 is 6.97. The number of alkyl carbamates (subject to hydrolysis) is 1. The van der Waals surface area contributed by atoms with Gasteiger partial charge >= 0.3 is 18.0 Å². The fourth-order valence-electron chi connectivity index (χ4n) is 3.53. The highest BCUT2D eigenvalue weighted by molar-refractivity contribution is 7.15. The summed E-state index contributed by atoms with van der Waals surface area (Å²) in [5, 5.41) is 32.4. The average molecular weight is 554 g/mol. The number of carbonyl (C=O) groups excluding carboxylic acids is 1. The third-order valence-electron chi connectivity index (χ3n) is 5.30. The molecule has 37 heavy (non-hydrogen) atoms. The minimum Gasteiger partial charge on any atom is -0.481 e. The van der Waals surface area contributed by atoms with Crippen LogP contribution in [0.5, 0.6) is 0 Å². The summed E-state index contributed by atoms with van der Waals surface area (Å²) in [5.41, 5.74) is 3.54. The number of aromatic nitrogens is 1. The Bertz CT molecular complexity index is 1200. The highest BCUT2D eigenvalue weighted by Crippen LogP contribution is 2.45. The lowest BCUT2D eigenvalue weighted by Gasteiger charge is -2.37. The van der Waals surface area contributed by atoms with E-state index < -0.39 is 39.9 Å². The second-order valence-corrected chi connectivity index (χ2v) is 9.97. The zero-order chi connectivity index (χ0) is 27.6. The van der Waals surface area contributed by atoms with E-state index in [0.717, 1.165) is 10.4 Å². The molecule has 3 rings (SSSR count). The van der Waals surface area contributed by atoms with E-state index in [1.54, 1.807) is 43.3 Å². The van der Waals surface area contributed by atoms with Crippen molar-refractivity contribution < 1.29 is 34.4 Å². The second-order valence-electron chi connectivity index (χ2n) is 8.28. The molecule has 0 fully saturated rings. The van der Waals surface area contributed by atoms with Crippen molar-refractivity contribution in [3.05, 3.63) is 73.7 Å². The van der Waals surface area contributed by atoms with Crippen LogP contribution in [-0.2, 0) is 27.4 Å². The number of carbonyl (C=O) groups is 3. The largest absolute Gasteiger partial charge is 0.481 e. The molecular weight excluding hydrogens is 530 g/mol.